The average molecular weight is 323 g/mol. The summed E-state index contributed by atoms with van der Waals surface area (Å²) < 4.78 is 5.69. The summed E-state index contributed by atoms with van der Waals surface area (Å²) in [6.45, 7) is 4.83. The van der Waals surface area contributed by atoms with Crippen molar-refractivity contribution in [3.63, 3.8) is 0 Å². The standard InChI is InChI=1S/C19H17NO2S/c1-2-11-20(14-17-7-5-12-23-17)19(21)10-9-16-13-15-6-3-4-8-18(15)22-16/h2-10,12-13H,1,11,14H2/b10-9+. The van der Waals surface area contributed by atoms with Gasteiger partial charge in [-0.3, -0.25) is 4.79 Å². The van der Waals surface area contributed by atoms with Crippen LogP contribution in [0.15, 0.2) is 71.0 Å². The van der Waals surface area contributed by atoms with Crippen LogP contribution in [0.3, 0.4) is 0 Å². The lowest BCUT2D eigenvalue weighted by Crippen LogP contribution is -2.28. The van der Waals surface area contributed by atoms with E-state index in [4.69, 9.17) is 4.42 Å². The molecule has 0 radical (unpaired) electrons. The van der Waals surface area contributed by atoms with Crippen LogP contribution in [-0.4, -0.2) is 17.4 Å². The van der Waals surface area contributed by atoms with Gasteiger partial charge in [-0.2, -0.15) is 0 Å². The summed E-state index contributed by atoms with van der Waals surface area (Å²) >= 11 is 1.64. The third-order valence-electron chi connectivity index (χ3n) is 3.42. The molecular weight excluding hydrogens is 306 g/mol. The highest BCUT2D eigenvalue weighted by molar-refractivity contribution is 7.09. The fourth-order valence-electron chi connectivity index (χ4n) is 2.32. The van der Waals surface area contributed by atoms with Crippen molar-refractivity contribution >= 4 is 34.3 Å². The predicted octanol–water partition coefficient (Wildman–Crippen LogP) is 4.72. The smallest absolute Gasteiger partial charge is 0.247 e. The molecule has 116 valence electrons. The Morgan fingerprint density at radius 2 is 2.13 bits per heavy atom. The van der Waals surface area contributed by atoms with E-state index in [2.05, 4.69) is 6.58 Å². The van der Waals surface area contributed by atoms with Crippen molar-refractivity contribution in [1.82, 2.24) is 4.90 Å². The topological polar surface area (TPSA) is 33.5 Å². The molecule has 3 nitrogen and oxygen atoms in total. The number of amides is 1. The Morgan fingerprint density at radius 1 is 1.26 bits per heavy atom. The third-order valence-corrected chi connectivity index (χ3v) is 4.28. The van der Waals surface area contributed by atoms with E-state index in [0.29, 0.717) is 18.8 Å². The zero-order valence-electron chi connectivity index (χ0n) is 12.6. The van der Waals surface area contributed by atoms with E-state index in [-0.39, 0.29) is 5.91 Å². The molecule has 3 rings (SSSR count). The number of thiophene rings is 1. The number of rotatable bonds is 6. The first-order chi connectivity index (χ1) is 11.3. The van der Waals surface area contributed by atoms with Gasteiger partial charge < -0.3 is 9.32 Å². The lowest BCUT2D eigenvalue weighted by Gasteiger charge is -2.18. The van der Waals surface area contributed by atoms with Crippen molar-refractivity contribution in [3.05, 3.63) is 77.2 Å². The summed E-state index contributed by atoms with van der Waals surface area (Å²) in [5.41, 5.74) is 0.820. The minimum Gasteiger partial charge on any atom is -0.457 e. The van der Waals surface area contributed by atoms with Gasteiger partial charge in [0.15, 0.2) is 0 Å². The number of hydrogen-bond donors (Lipinski definition) is 0. The van der Waals surface area contributed by atoms with Crippen LogP contribution in [0.4, 0.5) is 0 Å². The first kappa shape index (κ1) is 15.3. The van der Waals surface area contributed by atoms with Gasteiger partial charge in [-0.1, -0.05) is 30.3 Å². The summed E-state index contributed by atoms with van der Waals surface area (Å²) in [4.78, 5) is 15.3. The molecular formula is C19H17NO2S. The van der Waals surface area contributed by atoms with E-state index < -0.39 is 0 Å². The fourth-order valence-corrected chi connectivity index (χ4v) is 3.04. The van der Waals surface area contributed by atoms with E-state index in [1.165, 1.54) is 0 Å². The Hall–Kier alpha value is -2.59. The van der Waals surface area contributed by atoms with Crippen molar-refractivity contribution in [2.45, 2.75) is 6.54 Å². The normalized spacial score (nSPS) is 11.1. The van der Waals surface area contributed by atoms with Crippen LogP contribution >= 0.6 is 11.3 Å². The molecule has 23 heavy (non-hydrogen) atoms. The summed E-state index contributed by atoms with van der Waals surface area (Å²) in [5, 5.41) is 3.04. The van der Waals surface area contributed by atoms with E-state index in [1.807, 2.05) is 47.8 Å². The van der Waals surface area contributed by atoms with Gasteiger partial charge in [0, 0.05) is 22.9 Å². The van der Waals surface area contributed by atoms with Gasteiger partial charge in [0.25, 0.3) is 0 Å². The number of carbonyl (C=O) groups excluding carboxylic acids is 1. The second-order valence-electron chi connectivity index (χ2n) is 5.11. The van der Waals surface area contributed by atoms with Gasteiger partial charge in [0.2, 0.25) is 5.91 Å². The van der Waals surface area contributed by atoms with Gasteiger partial charge in [-0.15, -0.1) is 17.9 Å². The Labute approximate surface area is 139 Å². The maximum atomic E-state index is 12.4. The Kier molecular flexibility index (Phi) is 4.74. The Morgan fingerprint density at radius 3 is 2.87 bits per heavy atom. The lowest BCUT2D eigenvalue weighted by molar-refractivity contribution is -0.126. The lowest BCUT2D eigenvalue weighted by atomic mass is 10.2. The molecule has 2 aromatic heterocycles. The zero-order chi connectivity index (χ0) is 16.1. The van der Waals surface area contributed by atoms with Crippen molar-refractivity contribution in [3.8, 4) is 0 Å². The zero-order valence-corrected chi connectivity index (χ0v) is 13.5. The molecule has 0 aliphatic rings. The molecule has 1 aromatic carbocycles. The molecule has 0 aliphatic heterocycles. The molecule has 0 spiro atoms. The third kappa shape index (κ3) is 3.79. The highest BCUT2D eigenvalue weighted by Crippen LogP contribution is 2.20. The maximum absolute atomic E-state index is 12.4. The summed E-state index contributed by atoms with van der Waals surface area (Å²) in [6.07, 6.45) is 5.00. The largest absolute Gasteiger partial charge is 0.457 e. The van der Waals surface area contributed by atoms with Gasteiger partial charge in [0.1, 0.15) is 11.3 Å². The number of benzene rings is 1. The molecule has 0 aliphatic carbocycles. The fraction of sp³-hybridized carbons (Fsp3) is 0.105. The molecule has 2 heterocycles. The second-order valence-corrected chi connectivity index (χ2v) is 6.14. The Balaban J connectivity index is 1.73. The average Bonchev–Trinajstić information content (AvgIpc) is 3.21. The quantitative estimate of drug-likeness (QED) is 0.486. The predicted molar refractivity (Wildman–Crippen MR) is 95.2 cm³/mol. The summed E-state index contributed by atoms with van der Waals surface area (Å²) in [5.74, 6) is 0.619. The van der Waals surface area contributed by atoms with E-state index in [1.54, 1.807) is 34.5 Å². The first-order valence-electron chi connectivity index (χ1n) is 7.35. The number of hydrogen-bond acceptors (Lipinski definition) is 3. The molecule has 0 saturated heterocycles. The molecule has 4 heteroatoms. The van der Waals surface area contributed by atoms with Crippen LogP contribution in [0.25, 0.3) is 17.0 Å². The summed E-state index contributed by atoms with van der Waals surface area (Å²) in [7, 11) is 0. The minimum atomic E-state index is -0.0567. The number of carbonyl (C=O) groups is 1. The van der Waals surface area contributed by atoms with Gasteiger partial charge in [-0.05, 0) is 29.7 Å². The number of fused-ring (bicyclic) bond motifs is 1. The molecule has 0 saturated carbocycles. The van der Waals surface area contributed by atoms with Crippen LogP contribution in [0.5, 0.6) is 0 Å². The molecule has 0 fully saturated rings. The van der Waals surface area contributed by atoms with E-state index in [0.717, 1.165) is 15.8 Å². The monoisotopic (exact) mass is 323 g/mol. The van der Waals surface area contributed by atoms with Crippen molar-refractivity contribution in [2.24, 2.45) is 0 Å². The molecule has 1 amide bonds. The van der Waals surface area contributed by atoms with Crippen LogP contribution < -0.4 is 0 Å². The molecule has 0 atom stereocenters. The molecule has 3 aromatic rings. The number of furan rings is 1. The Bertz CT molecular complexity index is 797. The minimum absolute atomic E-state index is 0.0567. The van der Waals surface area contributed by atoms with Crippen LogP contribution in [0.2, 0.25) is 0 Å². The van der Waals surface area contributed by atoms with E-state index in [9.17, 15) is 4.79 Å². The van der Waals surface area contributed by atoms with Crippen LogP contribution in [0, 0.1) is 0 Å². The highest BCUT2D eigenvalue weighted by atomic mass is 32.1. The van der Waals surface area contributed by atoms with Crippen LogP contribution in [-0.2, 0) is 11.3 Å². The van der Waals surface area contributed by atoms with Gasteiger partial charge in [-0.25, -0.2) is 0 Å². The van der Waals surface area contributed by atoms with Crippen LogP contribution in [0.1, 0.15) is 10.6 Å². The molecule has 0 bridgehead atoms. The molecule has 0 N–H and O–H groups in total. The number of para-hydroxylation sites is 1. The molecule has 0 unspecified atom stereocenters. The van der Waals surface area contributed by atoms with Gasteiger partial charge in [0.05, 0.1) is 6.54 Å². The summed E-state index contributed by atoms with van der Waals surface area (Å²) in [6, 6.07) is 13.7. The first-order valence-corrected chi connectivity index (χ1v) is 8.23. The van der Waals surface area contributed by atoms with Gasteiger partial charge >= 0.3 is 0 Å². The van der Waals surface area contributed by atoms with E-state index >= 15 is 0 Å². The van der Waals surface area contributed by atoms with Crippen molar-refractivity contribution < 1.29 is 9.21 Å². The van der Waals surface area contributed by atoms with Crippen molar-refractivity contribution in [1.29, 1.82) is 0 Å². The van der Waals surface area contributed by atoms with Crippen molar-refractivity contribution in [2.75, 3.05) is 6.54 Å². The SMILES string of the molecule is C=CCN(Cc1cccs1)C(=O)/C=C/c1cc2ccccc2o1. The highest BCUT2D eigenvalue weighted by Gasteiger charge is 2.10. The maximum Gasteiger partial charge on any atom is 0.247 e. The second kappa shape index (κ2) is 7.11. The number of nitrogens with zero attached hydrogens (tertiary/aromatic N) is 1.